The van der Waals surface area contributed by atoms with Crippen molar-refractivity contribution < 1.29 is 19.4 Å². The Balaban J connectivity index is 1.39. The number of aryl methyl sites for hydroxylation is 1. The Morgan fingerprint density at radius 1 is 1.23 bits per heavy atom. The highest BCUT2D eigenvalue weighted by molar-refractivity contribution is 5.88. The van der Waals surface area contributed by atoms with Crippen molar-refractivity contribution in [2.45, 2.75) is 45.6 Å². The quantitative estimate of drug-likeness (QED) is 0.740. The van der Waals surface area contributed by atoms with Gasteiger partial charge in [-0.1, -0.05) is 19.8 Å². The summed E-state index contributed by atoms with van der Waals surface area (Å²) in [6.07, 6.45) is 9.90. The molecule has 1 saturated carbocycles. The molecule has 166 valence electrons. The molecule has 4 rings (SSSR count). The number of pyridine rings is 2. The molecule has 1 saturated heterocycles. The zero-order valence-corrected chi connectivity index (χ0v) is 18.3. The van der Waals surface area contributed by atoms with E-state index in [1.807, 2.05) is 12.3 Å². The summed E-state index contributed by atoms with van der Waals surface area (Å²) in [7, 11) is 0. The Kier molecular flexibility index (Phi) is 6.70. The number of ether oxygens (including phenoxy) is 2. The highest BCUT2D eigenvalue weighted by atomic mass is 16.5. The van der Waals surface area contributed by atoms with Gasteiger partial charge in [-0.05, 0) is 43.2 Å². The molecule has 1 aliphatic heterocycles. The van der Waals surface area contributed by atoms with Gasteiger partial charge in [0.25, 0.3) is 0 Å². The van der Waals surface area contributed by atoms with Crippen molar-refractivity contribution in [1.29, 1.82) is 0 Å². The number of anilines is 1. The lowest BCUT2D eigenvalue weighted by atomic mass is 9.83. The SMILES string of the molecule is Cc1cc(C2CN(c3cncc(OCC4CCC(C)CC4)c3)CCO2)ncc1C(=O)O. The lowest BCUT2D eigenvalue weighted by Crippen LogP contribution is -2.38. The molecule has 0 spiro atoms. The van der Waals surface area contributed by atoms with Crippen molar-refractivity contribution in [2.75, 3.05) is 31.2 Å². The van der Waals surface area contributed by atoms with Crippen molar-refractivity contribution in [2.24, 2.45) is 11.8 Å². The molecule has 1 N–H and O–H groups in total. The predicted molar refractivity (Wildman–Crippen MR) is 118 cm³/mol. The molecule has 3 heterocycles. The van der Waals surface area contributed by atoms with Crippen LogP contribution in [0.15, 0.2) is 30.7 Å². The van der Waals surface area contributed by atoms with Gasteiger partial charge in [-0.15, -0.1) is 0 Å². The van der Waals surface area contributed by atoms with Crippen LogP contribution in [0.25, 0.3) is 0 Å². The maximum Gasteiger partial charge on any atom is 0.337 e. The number of nitrogens with zero attached hydrogens (tertiary/aromatic N) is 3. The molecule has 1 unspecified atom stereocenters. The van der Waals surface area contributed by atoms with E-state index in [4.69, 9.17) is 9.47 Å². The zero-order valence-electron chi connectivity index (χ0n) is 18.3. The molecular weight excluding hydrogens is 394 g/mol. The number of rotatable bonds is 6. The molecule has 0 amide bonds. The minimum atomic E-state index is -0.964. The minimum Gasteiger partial charge on any atom is -0.492 e. The standard InChI is InChI=1S/C24H31N3O4/c1-16-3-5-18(6-4-16)15-31-20-10-19(11-25-12-20)27-7-8-30-23(14-27)22-9-17(2)21(13-26-22)24(28)29/h9-13,16,18,23H,3-8,14-15H2,1-2H3,(H,28,29). The summed E-state index contributed by atoms with van der Waals surface area (Å²) in [4.78, 5) is 22.2. The zero-order chi connectivity index (χ0) is 21.8. The smallest absolute Gasteiger partial charge is 0.337 e. The number of aromatic carboxylic acids is 1. The Morgan fingerprint density at radius 3 is 2.77 bits per heavy atom. The van der Waals surface area contributed by atoms with E-state index in [-0.39, 0.29) is 11.7 Å². The fourth-order valence-corrected chi connectivity index (χ4v) is 4.41. The van der Waals surface area contributed by atoms with Crippen LogP contribution in [0.3, 0.4) is 0 Å². The Morgan fingerprint density at radius 2 is 2.03 bits per heavy atom. The summed E-state index contributed by atoms with van der Waals surface area (Å²) in [6, 6.07) is 3.85. The van der Waals surface area contributed by atoms with Crippen LogP contribution in [0, 0.1) is 18.8 Å². The second-order valence-electron chi connectivity index (χ2n) is 8.85. The highest BCUT2D eigenvalue weighted by Crippen LogP contribution is 2.30. The number of hydrogen-bond acceptors (Lipinski definition) is 6. The fraction of sp³-hybridized carbons (Fsp3) is 0.542. The molecule has 2 aliphatic rings. The first-order valence-corrected chi connectivity index (χ1v) is 11.1. The summed E-state index contributed by atoms with van der Waals surface area (Å²) < 4.78 is 12.0. The normalized spacial score (nSPS) is 24.1. The van der Waals surface area contributed by atoms with Crippen LogP contribution in [0.1, 0.15) is 60.3 Å². The number of morpholine rings is 1. The second kappa shape index (κ2) is 9.64. The molecule has 0 aromatic carbocycles. The summed E-state index contributed by atoms with van der Waals surface area (Å²) in [5, 5.41) is 9.22. The van der Waals surface area contributed by atoms with Crippen molar-refractivity contribution in [3.8, 4) is 5.75 Å². The Labute approximate surface area is 183 Å². The number of hydrogen-bond donors (Lipinski definition) is 1. The van der Waals surface area contributed by atoms with Crippen LogP contribution in [-0.2, 0) is 4.74 Å². The molecule has 1 atom stereocenters. The van der Waals surface area contributed by atoms with Gasteiger partial charge in [0.1, 0.15) is 11.9 Å². The van der Waals surface area contributed by atoms with Crippen LogP contribution < -0.4 is 9.64 Å². The first-order chi connectivity index (χ1) is 15.0. The number of carboxylic acids is 1. The van der Waals surface area contributed by atoms with Crippen molar-refractivity contribution in [3.63, 3.8) is 0 Å². The van der Waals surface area contributed by atoms with E-state index < -0.39 is 5.97 Å². The van der Waals surface area contributed by atoms with Gasteiger partial charge >= 0.3 is 5.97 Å². The van der Waals surface area contributed by atoms with Gasteiger partial charge in [0, 0.05) is 18.8 Å². The second-order valence-corrected chi connectivity index (χ2v) is 8.85. The molecule has 2 aromatic heterocycles. The van der Waals surface area contributed by atoms with E-state index in [9.17, 15) is 9.90 Å². The van der Waals surface area contributed by atoms with Gasteiger partial charge < -0.3 is 19.5 Å². The third-order valence-electron chi connectivity index (χ3n) is 6.44. The van der Waals surface area contributed by atoms with E-state index in [0.29, 0.717) is 24.6 Å². The fourth-order valence-electron chi connectivity index (χ4n) is 4.41. The van der Waals surface area contributed by atoms with Crippen molar-refractivity contribution in [3.05, 3.63) is 47.5 Å². The van der Waals surface area contributed by atoms with E-state index in [0.717, 1.165) is 36.2 Å². The lowest BCUT2D eigenvalue weighted by Gasteiger charge is -2.34. The molecule has 0 radical (unpaired) electrons. The summed E-state index contributed by atoms with van der Waals surface area (Å²) in [5.41, 5.74) is 2.66. The lowest BCUT2D eigenvalue weighted by molar-refractivity contribution is 0.0368. The van der Waals surface area contributed by atoms with E-state index in [1.165, 1.54) is 31.9 Å². The number of carbonyl (C=O) groups is 1. The van der Waals surface area contributed by atoms with Crippen LogP contribution in [0.4, 0.5) is 5.69 Å². The third-order valence-corrected chi connectivity index (χ3v) is 6.44. The first-order valence-electron chi connectivity index (χ1n) is 11.1. The van der Waals surface area contributed by atoms with Crippen LogP contribution >= 0.6 is 0 Å². The van der Waals surface area contributed by atoms with Crippen LogP contribution in [0.2, 0.25) is 0 Å². The van der Waals surface area contributed by atoms with Crippen LogP contribution in [0.5, 0.6) is 5.75 Å². The maximum atomic E-state index is 11.2. The molecule has 2 aromatic rings. The third kappa shape index (κ3) is 5.34. The summed E-state index contributed by atoms with van der Waals surface area (Å²) in [5.74, 6) is 1.32. The summed E-state index contributed by atoms with van der Waals surface area (Å²) >= 11 is 0. The molecular formula is C24H31N3O4. The first kappa shape index (κ1) is 21.6. The molecule has 2 fully saturated rings. The van der Waals surface area contributed by atoms with Crippen molar-refractivity contribution >= 4 is 11.7 Å². The molecule has 31 heavy (non-hydrogen) atoms. The van der Waals surface area contributed by atoms with E-state index in [1.54, 1.807) is 19.2 Å². The van der Waals surface area contributed by atoms with Crippen LogP contribution in [-0.4, -0.2) is 47.3 Å². The Hall–Kier alpha value is -2.67. The largest absolute Gasteiger partial charge is 0.492 e. The van der Waals surface area contributed by atoms with Gasteiger partial charge in [-0.25, -0.2) is 4.79 Å². The topological polar surface area (TPSA) is 84.8 Å². The monoisotopic (exact) mass is 425 g/mol. The molecule has 7 heteroatoms. The molecule has 1 aliphatic carbocycles. The summed E-state index contributed by atoms with van der Waals surface area (Å²) in [6.45, 7) is 6.82. The average Bonchev–Trinajstić information content (AvgIpc) is 2.79. The predicted octanol–water partition coefficient (Wildman–Crippen LogP) is 4.27. The minimum absolute atomic E-state index is 0.218. The van der Waals surface area contributed by atoms with Gasteiger partial charge in [0.2, 0.25) is 0 Å². The maximum absolute atomic E-state index is 11.2. The molecule has 0 bridgehead atoms. The molecule has 7 nitrogen and oxygen atoms in total. The Bertz CT molecular complexity index is 911. The van der Waals surface area contributed by atoms with E-state index in [2.05, 4.69) is 21.8 Å². The number of carboxylic acid groups (broad SMARTS) is 1. The van der Waals surface area contributed by atoms with E-state index >= 15 is 0 Å². The van der Waals surface area contributed by atoms with Gasteiger partial charge in [0.05, 0.1) is 49.1 Å². The number of aromatic nitrogens is 2. The highest BCUT2D eigenvalue weighted by Gasteiger charge is 2.25. The van der Waals surface area contributed by atoms with Gasteiger partial charge in [0.15, 0.2) is 0 Å². The van der Waals surface area contributed by atoms with Crippen molar-refractivity contribution in [1.82, 2.24) is 9.97 Å². The van der Waals surface area contributed by atoms with Gasteiger partial charge in [-0.2, -0.15) is 0 Å². The van der Waals surface area contributed by atoms with Gasteiger partial charge in [-0.3, -0.25) is 9.97 Å². The average molecular weight is 426 g/mol.